The highest BCUT2D eigenvalue weighted by atomic mass is 35.5. The van der Waals surface area contributed by atoms with Crippen molar-refractivity contribution in [3.05, 3.63) is 46.1 Å². The number of pyridine rings is 1. The molecule has 1 aromatic heterocycles. The Morgan fingerprint density at radius 1 is 1.06 bits per heavy atom. The van der Waals surface area contributed by atoms with E-state index in [1.54, 1.807) is 19.2 Å². The number of anilines is 2. The van der Waals surface area contributed by atoms with Crippen LogP contribution in [0.15, 0.2) is 30.5 Å². The number of nitriles is 1. The Kier molecular flexibility index (Phi) is 8.07. The van der Waals surface area contributed by atoms with Crippen molar-refractivity contribution in [1.82, 2.24) is 9.88 Å². The molecule has 1 aliphatic heterocycles. The third kappa shape index (κ3) is 5.51. The van der Waals surface area contributed by atoms with Gasteiger partial charge >= 0.3 is 0 Å². The first-order valence-electron chi connectivity index (χ1n) is 11.5. The van der Waals surface area contributed by atoms with Crippen molar-refractivity contribution in [2.45, 2.75) is 19.8 Å². The van der Waals surface area contributed by atoms with E-state index in [-0.39, 0.29) is 0 Å². The van der Waals surface area contributed by atoms with E-state index in [1.165, 1.54) is 13.3 Å². The number of methoxy groups -OCH3 is 2. The van der Waals surface area contributed by atoms with Crippen LogP contribution in [0.5, 0.6) is 17.2 Å². The average molecular weight is 515 g/mol. The lowest BCUT2D eigenvalue weighted by atomic mass is 9.98. The van der Waals surface area contributed by atoms with Gasteiger partial charge in [0.1, 0.15) is 11.8 Å². The molecular weight excluding hydrogens is 487 g/mol. The van der Waals surface area contributed by atoms with Gasteiger partial charge in [0.15, 0.2) is 11.5 Å². The van der Waals surface area contributed by atoms with Crippen LogP contribution in [-0.4, -0.2) is 50.3 Å². The van der Waals surface area contributed by atoms with Crippen LogP contribution in [-0.2, 0) is 0 Å². The van der Waals surface area contributed by atoms with Crippen molar-refractivity contribution < 1.29 is 14.2 Å². The minimum absolute atomic E-state index is 0.362. The minimum atomic E-state index is 0.362. The number of halogens is 2. The molecule has 0 radical (unpaired) electrons. The fraction of sp³-hybridized carbons (Fsp3) is 0.385. The number of rotatable bonds is 8. The first kappa shape index (κ1) is 25.2. The van der Waals surface area contributed by atoms with E-state index >= 15 is 0 Å². The molecule has 0 amide bonds. The van der Waals surface area contributed by atoms with Crippen LogP contribution in [0.25, 0.3) is 10.9 Å². The van der Waals surface area contributed by atoms with Crippen molar-refractivity contribution in [2.75, 3.05) is 45.8 Å². The van der Waals surface area contributed by atoms with Crippen LogP contribution < -0.4 is 19.5 Å². The van der Waals surface area contributed by atoms with E-state index in [2.05, 4.69) is 28.2 Å². The molecule has 1 N–H and O–H groups in total. The number of benzene rings is 2. The number of nitrogens with zero attached hydrogens (tertiary/aromatic N) is 3. The zero-order valence-corrected chi connectivity index (χ0v) is 21.5. The second-order valence-electron chi connectivity index (χ2n) is 8.46. The molecule has 1 aliphatic rings. The molecule has 2 aromatic carbocycles. The predicted octanol–water partition coefficient (Wildman–Crippen LogP) is 6.28. The maximum atomic E-state index is 9.75. The molecule has 0 unspecified atom stereocenters. The number of aromatic nitrogens is 1. The van der Waals surface area contributed by atoms with Crippen LogP contribution in [0.4, 0.5) is 11.4 Å². The second kappa shape index (κ2) is 11.2. The summed E-state index contributed by atoms with van der Waals surface area (Å²) in [6, 6.07) is 9.17. The first-order valence-corrected chi connectivity index (χ1v) is 12.3. The highest BCUT2D eigenvalue weighted by Gasteiger charge is 2.21. The topological polar surface area (TPSA) is 79.6 Å². The molecule has 7 nitrogen and oxygen atoms in total. The minimum Gasteiger partial charge on any atom is -0.495 e. The maximum absolute atomic E-state index is 9.75. The van der Waals surface area contributed by atoms with Crippen LogP contribution >= 0.6 is 23.2 Å². The number of ether oxygens (including phenoxy) is 3. The Morgan fingerprint density at radius 3 is 2.46 bits per heavy atom. The van der Waals surface area contributed by atoms with Crippen molar-refractivity contribution in [3.63, 3.8) is 0 Å². The summed E-state index contributed by atoms with van der Waals surface area (Å²) >= 11 is 12.6. The second-order valence-corrected chi connectivity index (χ2v) is 9.27. The number of nitrogens with one attached hydrogen (secondary N) is 1. The number of fused-ring (bicyclic) bond motifs is 1. The number of hydrogen-bond acceptors (Lipinski definition) is 7. The van der Waals surface area contributed by atoms with Crippen molar-refractivity contribution in [1.29, 1.82) is 5.26 Å². The molecule has 4 rings (SSSR count). The number of piperidine rings is 1. The van der Waals surface area contributed by atoms with E-state index in [0.29, 0.717) is 67.7 Å². The third-order valence-corrected chi connectivity index (χ3v) is 7.01. The number of likely N-dealkylation sites (tertiary alicyclic amines) is 1. The quantitative estimate of drug-likeness (QED) is 0.378. The molecule has 9 heteroatoms. The van der Waals surface area contributed by atoms with Crippen LogP contribution in [0.2, 0.25) is 10.0 Å². The summed E-state index contributed by atoms with van der Waals surface area (Å²) in [6.45, 7) is 6.12. The molecule has 0 aliphatic carbocycles. The Hall–Kier alpha value is -2.92. The summed E-state index contributed by atoms with van der Waals surface area (Å²) in [5.41, 5.74) is 2.14. The highest BCUT2D eigenvalue weighted by molar-refractivity contribution is 6.37. The largest absolute Gasteiger partial charge is 0.495 e. The van der Waals surface area contributed by atoms with Crippen molar-refractivity contribution >= 4 is 45.5 Å². The smallest absolute Gasteiger partial charge is 0.163 e. The van der Waals surface area contributed by atoms with Gasteiger partial charge in [-0.25, -0.2) is 0 Å². The molecule has 1 fully saturated rings. The molecule has 3 aromatic rings. The van der Waals surface area contributed by atoms with Gasteiger partial charge < -0.3 is 24.4 Å². The molecule has 184 valence electrons. The zero-order valence-electron chi connectivity index (χ0n) is 20.0. The number of hydrogen-bond donors (Lipinski definition) is 1. The fourth-order valence-electron chi connectivity index (χ4n) is 4.28. The first-order chi connectivity index (χ1) is 17.0. The van der Waals surface area contributed by atoms with Gasteiger partial charge in [-0.3, -0.25) is 4.98 Å². The molecule has 0 spiro atoms. The molecule has 0 atom stereocenters. The zero-order chi connectivity index (χ0) is 24.9. The maximum Gasteiger partial charge on any atom is 0.163 e. The fourth-order valence-corrected chi connectivity index (χ4v) is 4.79. The lowest BCUT2D eigenvalue weighted by Gasteiger charge is -2.30. The van der Waals surface area contributed by atoms with E-state index in [9.17, 15) is 5.26 Å². The molecule has 2 heterocycles. The van der Waals surface area contributed by atoms with Gasteiger partial charge in [-0.05, 0) is 50.5 Å². The normalized spacial score (nSPS) is 14.5. The Bertz CT molecular complexity index is 1250. The summed E-state index contributed by atoms with van der Waals surface area (Å²) in [7, 11) is 3.13. The SMILES string of the molecule is CCN1CCC(COc2cc3ncc(C#N)c(Nc4cc(OC)c(Cl)cc4Cl)c3cc2OC)CC1. The summed E-state index contributed by atoms with van der Waals surface area (Å²) in [5.74, 6) is 2.18. The lowest BCUT2D eigenvalue weighted by Crippen LogP contribution is -2.35. The van der Waals surface area contributed by atoms with Gasteiger partial charge in [-0.15, -0.1) is 0 Å². The molecular formula is C26H28Cl2N4O3. The lowest BCUT2D eigenvalue weighted by molar-refractivity contribution is 0.144. The van der Waals surface area contributed by atoms with E-state index in [0.717, 1.165) is 32.5 Å². The summed E-state index contributed by atoms with van der Waals surface area (Å²) < 4.78 is 17.2. The summed E-state index contributed by atoms with van der Waals surface area (Å²) in [6.07, 6.45) is 3.77. The van der Waals surface area contributed by atoms with Gasteiger partial charge in [-0.1, -0.05) is 30.1 Å². The van der Waals surface area contributed by atoms with Gasteiger partial charge in [0.2, 0.25) is 0 Å². The van der Waals surface area contributed by atoms with Crippen LogP contribution in [0, 0.1) is 17.2 Å². The summed E-state index contributed by atoms with van der Waals surface area (Å²) in [5, 5.41) is 14.5. The summed E-state index contributed by atoms with van der Waals surface area (Å²) in [4.78, 5) is 6.95. The van der Waals surface area contributed by atoms with Crippen molar-refractivity contribution in [3.8, 4) is 23.3 Å². The molecule has 0 saturated carbocycles. The Balaban J connectivity index is 1.66. The average Bonchev–Trinajstić information content (AvgIpc) is 2.88. The Morgan fingerprint density at radius 2 is 1.80 bits per heavy atom. The van der Waals surface area contributed by atoms with Crippen LogP contribution in [0.3, 0.4) is 0 Å². The van der Waals surface area contributed by atoms with Gasteiger partial charge in [-0.2, -0.15) is 5.26 Å². The van der Waals surface area contributed by atoms with Crippen molar-refractivity contribution in [2.24, 2.45) is 5.92 Å². The standard InChI is InChI=1S/C26H28Cl2N4O3/c1-4-32-7-5-16(6-8-32)15-35-25-11-21-18(9-24(25)34-3)26(17(13-29)14-30-21)31-22-12-23(33-2)20(28)10-19(22)27/h9-12,14,16H,4-8,15H2,1-3H3,(H,30,31). The highest BCUT2D eigenvalue weighted by Crippen LogP contribution is 2.40. The van der Waals surface area contributed by atoms with Crippen LogP contribution in [0.1, 0.15) is 25.3 Å². The monoisotopic (exact) mass is 514 g/mol. The predicted molar refractivity (Wildman–Crippen MR) is 140 cm³/mol. The Labute approximate surface area is 215 Å². The third-order valence-electron chi connectivity index (χ3n) is 6.40. The van der Waals surface area contributed by atoms with Gasteiger partial charge in [0.25, 0.3) is 0 Å². The molecule has 1 saturated heterocycles. The van der Waals surface area contributed by atoms with Gasteiger partial charge in [0, 0.05) is 23.7 Å². The van der Waals surface area contributed by atoms with Gasteiger partial charge in [0.05, 0.1) is 53.3 Å². The van der Waals surface area contributed by atoms with E-state index in [4.69, 9.17) is 37.4 Å². The molecule has 0 bridgehead atoms. The molecule has 35 heavy (non-hydrogen) atoms. The van der Waals surface area contributed by atoms with E-state index in [1.807, 2.05) is 12.1 Å². The van der Waals surface area contributed by atoms with E-state index < -0.39 is 0 Å².